The van der Waals surface area contributed by atoms with Crippen LogP contribution >= 0.6 is 0 Å². The van der Waals surface area contributed by atoms with Crippen molar-refractivity contribution >= 4 is 21.9 Å². The van der Waals surface area contributed by atoms with Crippen LogP contribution in [-0.2, 0) is 19.7 Å². The minimum Gasteiger partial charge on any atom is -0.462 e. The molecule has 1 aromatic rings. The van der Waals surface area contributed by atoms with Crippen LogP contribution < -0.4 is 4.72 Å². The first-order valence-electron chi connectivity index (χ1n) is 6.66. The van der Waals surface area contributed by atoms with E-state index in [-0.39, 0.29) is 0 Å². The highest BCUT2D eigenvalue weighted by molar-refractivity contribution is 7.90. The van der Waals surface area contributed by atoms with Gasteiger partial charge < -0.3 is 9.47 Å². The molecule has 1 heterocycles. The Morgan fingerprint density at radius 3 is 2.48 bits per heavy atom. The molecule has 1 aliphatic heterocycles. The Bertz CT molecular complexity index is 579. The van der Waals surface area contributed by atoms with Crippen LogP contribution in [0.1, 0.15) is 17.3 Å². The number of benzene rings is 1. The molecule has 7 nitrogen and oxygen atoms in total. The molecule has 0 saturated carbocycles. The maximum atomic E-state index is 12.1. The highest BCUT2D eigenvalue weighted by atomic mass is 32.2. The van der Waals surface area contributed by atoms with Crippen molar-refractivity contribution in [3.05, 3.63) is 29.8 Å². The summed E-state index contributed by atoms with van der Waals surface area (Å²) >= 11 is 0. The van der Waals surface area contributed by atoms with Crippen LogP contribution in [0.25, 0.3) is 0 Å². The number of nitrogens with zero attached hydrogens (tertiary/aromatic N) is 1. The Kier molecular flexibility index (Phi) is 5.16. The van der Waals surface area contributed by atoms with Gasteiger partial charge in [0.05, 0.1) is 25.4 Å². The molecule has 1 aromatic carbocycles. The zero-order chi connectivity index (χ0) is 15.3. The molecule has 0 unspecified atom stereocenters. The number of ether oxygens (including phenoxy) is 2. The predicted octanol–water partition coefficient (Wildman–Crippen LogP) is 0.852. The van der Waals surface area contributed by atoms with Gasteiger partial charge in [-0.2, -0.15) is 12.7 Å². The van der Waals surface area contributed by atoms with Crippen LogP contribution in [-0.4, -0.2) is 51.6 Å². The van der Waals surface area contributed by atoms with Crippen molar-refractivity contribution in [1.29, 1.82) is 0 Å². The Balaban J connectivity index is 2.04. The van der Waals surface area contributed by atoms with E-state index in [2.05, 4.69) is 4.72 Å². The van der Waals surface area contributed by atoms with Crippen molar-refractivity contribution in [1.82, 2.24) is 4.31 Å². The minimum atomic E-state index is -3.59. The lowest BCUT2D eigenvalue weighted by Crippen LogP contribution is -2.43. The normalized spacial score (nSPS) is 16.4. The lowest BCUT2D eigenvalue weighted by molar-refractivity contribution is 0.0526. The lowest BCUT2D eigenvalue weighted by atomic mass is 10.2. The van der Waals surface area contributed by atoms with Gasteiger partial charge in [0, 0.05) is 18.8 Å². The molecule has 1 N–H and O–H groups in total. The maximum absolute atomic E-state index is 12.1. The predicted molar refractivity (Wildman–Crippen MR) is 77.3 cm³/mol. The summed E-state index contributed by atoms with van der Waals surface area (Å²) in [6.45, 7) is 3.46. The van der Waals surface area contributed by atoms with Crippen LogP contribution in [0.4, 0.5) is 5.69 Å². The van der Waals surface area contributed by atoms with Gasteiger partial charge in [-0.1, -0.05) is 0 Å². The van der Waals surface area contributed by atoms with E-state index in [4.69, 9.17) is 9.47 Å². The topological polar surface area (TPSA) is 84.9 Å². The summed E-state index contributed by atoms with van der Waals surface area (Å²) in [6.07, 6.45) is 0. The summed E-state index contributed by atoms with van der Waals surface area (Å²) in [6, 6.07) is 6.11. The van der Waals surface area contributed by atoms with Gasteiger partial charge in [-0.15, -0.1) is 0 Å². The molecule has 1 saturated heterocycles. The Morgan fingerprint density at radius 1 is 1.29 bits per heavy atom. The third kappa shape index (κ3) is 4.16. The Labute approximate surface area is 124 Å². The first kappa shape index (κ1) is 15.7. The van der Waals surface area contributed by atoms with E-state index in [0.29, 0.717) is 44.2 Å². The van der Waals surface area contributed by atoms with Gasteiger partial charge in [0.15, 0.2) is 0 Å². The van der Waals surface area contributed by atoms with E-state index in [1.165, 1.54) is 28.6 Å². The number of carbonyl (C=O) groups excluding carboxylic acids is 1. The van der Waals surface area contributed by atoms with Crippen LogP contribution in [0.3, 0.4) is 0 Å². The molecule has 2 rings (SSSR count). The van der Waals surface area contributed by atoms with Gasteiger partial charge >= 0.3 is 16.2 Å². The molecule has 1 fully saturated rings. The number of nitrogens with one attached hydrogen (secondary N) is 1. The van der Waals surface area contributed by atoms with Crippen molar-refractivity contribution in [2.75, 3.05) is 37.6 Å². The largest absolute Gasteiger partial charge is 0.462 e. The Hall–Kier alpha value is -1.64. The monoisotopic (exact) mass is 314 g/mol. The van der Waals surface area contributed by atoms with Crippen LogP contribution in [0.2, 0.25) is 0 Å². The molecule has 0 spiro atoms. The molecule has 21 heavy (non-hydrogen) atoms. The SMILES string of the molecule is CCOC(=O)c1ccc(NS(=O)(=O)N2CCOCC2)cc1. The number of rotatable bonds is 5. The highest BCUT2D eigenvalue weighted by Gasteiger charge is 2.24. The second kappa shape index (κ2) is 6.88. The third-order valence-corrected chi connectivity index (χ3v) is 4.49. The molecular weight excluding hydrogens is 296 g/mol. The lowest BCUT2D eigenvalue weighted by Gasteiger charge is -2.26. The number of hydrogen-bond acceptors (Lipinski definition) is 5. The van der Waals surface area contributed by atoms with E-state index < -0.39 is 16.2 Å². The first-order chi connectivity index (χ1) is 10.0. The van der Waals surface area contributed by atoms with Gasteiger partial charge in [-0.3, -0.25) is 4.72 Å². The Morgan fingerprint density at radius 2 is 1.90 bits per heavy atom. The number of anilines is 1. The third-order valence-electron chi connectivity index (χ3n) is 2.95. The molecule has 0 atom stereocenters. The average Bonchev–Trinajstić information content (AvgIpc) is 2.49. The molecule has 8 heteroatoms. The first-order valence-corrected chi connectivity index (χ1v) is 8.10. The summed E-state index contributed by atoms with van der Waals surface area (Å²) in [5, 5.41) is 0. The zero-order valence-electron chi connectivity index (χ0n) is 11.7. The molecule has 0 aliphatic carbocycles. The van der Waals surface area contributed by atoms with Crippen LogP contribution in [0, 0.1) is 0 Å². The van der Waals surface area contributed by atoms with Gasteiger partial charge in [0.25, 0.3) is 0 Å². The fourth-order valence-electron chi connectivity index (χ4n) is 1.89. The average molecular weight is 314 g/mol. The van der Waals surface area contributed by atoms with Crippen LogP contribution in [0.15, 0.2) is 24.3 Å². The molecular formula is C13H18N2O5S. The molecule has 0 radical (unpaired) electrons. The van der Waals surface area contributed by atoms with Crippen molar-refractivity contribution in [3.63, 3.8) is 0 Å². The van der Waals surface area contributed by atoms with Gasteiger partial charge in [-0.25, -0.2) is 4.79 Å². The quantitative estimate of drug-likeness (QED) is 0.815. The van der Waals surface area contributed by atoms with Gasteiger partial charge in [0.2, 0.25) is 0 Å². The second-order valence-electron chi connectivity index (χ2n) is 4.42. The molecule has 116 valence electrons. The molecule has 0 aromatic heterocycles. The number of carbonyl (C=O) groups is 1. The van der Waals surface area contributed by atoms with Crippen molar-refractivity contribution in [2.24, 2.45) is 0 Å². The van der Waals surface area contributed by atoms with E-state index in [9.17, 15) is 13.2 Å². The summed E-state index contributed by atoms with van der Waals surface area (Å²) in [4.78, 5) is 11.5. The van der Waals surface area contributed by atoms with E-state index in [1.807, 2.05) is 0 Å². The summed E-state index contributed by atoms with van der Waals surface area (Å²) in [5.41, 5.74) is 0.778. The number of hydrogen-bond donors (Lipinski definition) is 1. The summed E-state index contributed by atoms with van der Waals surface area (Å²) in [5.74, 6) is -0.430. The van der Waals surface area contributed by atoms with Crippen LogP contribution in [0.5, 0.6) is 0 Å². The van der Waals surface area contributed by atoms with Crippen molar-refractivity contribution in [2.45, 2.75) is 6.92 Å². The standard InChI is InChI=1S/C13H18N2O5S/c1-2-20-13(16)11-3-5-12(6-4-11)14-21(17,18)15-7-9-19-10-8-15/h3-6,14H,2,7-10H2,1H3. The molecule has 0 amide bonds. The fraction of sp³-hybridized carbons (Fsp3) is 0.462. The summed E-state index contributed by atoms with van der Waals surface area (Å²) < 4.78 is 38.1. The summed E-state index contributed by atoms with van der Waals surface area (Å²) in [7, 11) is -3.59. The van der Waals surface area contributed by atoms with Crippen molar-refractivity contribution in [3.8, 4) is 0 Å². The molecule has 0 bridgehead atoms. The smallest absolute Gasteiger partial charge is 0.338 e. The molecule has 1 aliphatic rings. The second-order valence-corrected chi connectivity index (χ2v) is 6.09. The van der Waals surface area contributed by atoms with Crippen molar-refractivity contribution < 1.29 is 22.7 Å². The van der Waals surface area contributed by atoms with E-state index in [0.717, 1.165) is 0 Å². The number of esters is 1. The zero-order valence-corrected chi connectivity index (χ0v) is 12.6. The van der Waals surface area contributed by atoms with E-state index in [1.54, 1.807) is 6.92 Å². The van der Waals surface area contributed by atoms with E-state index >= 15 is 0 Å². The number of morpholine rings is 1. The highest BCUT2D eigenvalue weighted by Crippen LogP contribution is 2.14. The fourth-order valence-corrected chi connectivity index (χ4v) is 3.08. The maximum Gasteiger partial charge on any atom is 0.338 e. The minimum absolute atomic E-state index is 0.296. The van der Waals surface area contributed by atoms with Gasteiger partial charge in [-0.05, 0) is 31.2 Å². The van der Waals surface area contributed by atoms with Gasteiger partial charge in [0.1, 0.15) is 0 Å².